The van der Waals surface area contributed by atoms with Crippen molar-refractivity contribution in [2.45, 2.75) is 25.9 Å². The Labute approximate surface area is 127 Å². The molecule has 0 saturated heterocycles. The molecule has 0 aliphatic heterocycles. The highest BCUT2D eigenvalue weighted by Gasteiger charge is 2.50. The molecular weight excluding hydrogens is 288 g/mol. The lowest BCUT2D eigenvalue weighted by atomic mass is 10.1. The fourth-order valence-corrected chi connectivity index (χ4v) is 3.81. The number of carbonyl (C=O) groups excluding carboxylic acids is 1. The number of nitrogens with zero attached hydrogens (tertiary/aromatic N) is 1. The lowest BCUT2D eigenvalue weighted by Crippen LogP contribution is -2.39. The maximum atomic E-state index is 12.8. The third-order valence-corrected chi connectivity index (χ3v) is 5.56. The largest absolute Gasteiger partial charge is 0.332 e. The van der Waals surface area contributed by atoms with Gasteiger partial charge in [-0.25, -0.2) is 0 Å². The van der Waals surface area contributed by atoms with Gasteiger partial charge in [-0.05, 0) is 35.7 Å². The minimum Gasteiger partial charge on any atom is -0.332 e. The van der Waals surface area contributed by atoms with Gasteiger partial charge in [0.05, 0.1) is 18.5 Å². The second kappa shape index (κ2) is 5.68. The van der Waals surface area contributed by atoms with Crippen LogP contribution in [-0.4, -0.2) is 17.4 Å². The highest BCUT2D eigenvalue weighted by molar-refractivity contribution is 7.10. The van der Waals surface area contributed by atoms with Crippen molar-refractivity contribution in [1.82, 2.24) is 4.90 Å². The number of thiophene rings is 2. The van der Waals surface area contributed by atoms with Gasteiger partial charge in [-0.3, -0.25) is 4.79 Å². The van der Waals surface area contributed by atoms with E-state index in [-0.39, 0.29) is 11.3 Å². The molecule has 0 aromatic carbocycles. The number of hydrogen-bond donors (Lipinski definition) is 1. The molecule has 0 radical (unpaired) electrons. The second-order valence-corrected chi connectivity index (χ2v) is 7.37. The van der Waals surface area contributed by atoms with Crippen LogP contribution in [0.1, 0.15) is 22.6 Å². The van der Waals surface area contributed by atoms with Crippen molar-refractivity contribution in [2.75, 3.05) is 6.54 Å². The van der Waals surface area contributed by atoms with Crippen molar-refractivity contribution >= 4 is 28.6 Å². The van der Waals surface area contributed by atoms with E-state index in [2.05, 4.69) is 22.9 Å². The summed E-state index contributed by atoms with van der Waals surface area (Å²) in [5, 5.41) is 4.11. The monoisotopic (exact) mass is 306 g/mol. The second-order valence-electron chi connectivity index (χ2n) is 5.30. The molecule has 2 aromatic heterocycles. The first kappa shape index (κ1) is 13.8. The van der Waals surface area contributed by atoms with Gasteiger partial charge in [0, 0.05) is 16.3 Å². The zero-order valence-corrected chi connectivity index (χ0v) is 12.9. The summed E-state index contributed by atoms with van der Waals surface area (Å²) in [6.07, 6.45) is 1.88. The molecule has 1 aliphatic carbocycles. The van der Waals surface area contributed by atoms with Crippen molar-refractivity contribution < 1.29 is 4.79 Å². The maximum Gasteiger partial charge on any atom is 0.230 e. The molecule has 1 fully saturated rings. The molecule has 2 aromatic rings. The standard InChI is InChI=1S/C15H18N2OS2/c16-11-15(5-6-15)14(18)17(9-12-3-1-7-19-12)10-13-4-2-8-20-13/h1-4,7-8H,5-6,9-11,16H2. The van der Waals surface area contributed by atoms with Crippen LogP contribution < -0.4 is 5.73 Å². The molecule has 0 spiro atoms. The molecule has 0 atom stereocenters. The Balaban J connectivity index is 1.77. The number of hydrogen-bond acceptors (Lipinski definition) is 4. The lowest BCUT2D eigenvalue weighted by Gasteiger charge is -2.26. The van der Waals surface area contributed by atoms with E-state index < -0.39 is 0 Å². The van der Waals surface area contributed by atoms with Gasteiger partial charge in [0.2, 0.25) is 5.91 Å². The van der Waals surface area contributed by atoms with E-state index in [0.29, 0.717) is 19.6 Å². The van der Waals surface area contributed by atoms with Crippen molar-refractivity contribution in [3.63, 3.8) is 0 Å². The van der Waals surface area contributed by atoms with Crippen molar-refractivity contribution in [3.8, 4) is 0 Å². The molecule has 20 heavy (non-hydrogen) atoms. The van der Waals surface area contributed by atoms with E-state index in [0.717, 1.165) is 12.8 Å². The highest BCUT2D eigenvalue weighted by Crippen LogP contribution is 2.46. The van der Waals surface area contributed by atoms with Gasteiger partial charge in [-0.15, -0.1) is 22.7 Å². The summed E-state index contributed by atoms with van der Waals surface area (Å²) in [6, 6.07) is 8.23. The topological polar surface area (TPSA) is 46.3 Å². The number of nitrogens with two attached hydrogens (primary N) is 1. The third-order valence-electron chi connectivity index (χ3n) is 3.84. The molecule has 0 unspecified atom stereocenters. The number of rotatable bonds is 6. The zero-order chi connectivity index (χ0) is 14.0. The first-order valence-electron chi connectivity index (χ1n) is 6.78. The van der Waals surface area contributed by atoms with Gasteiger partial charge in [0.25, 0.3) is 0 Å². The van der Waals surface area contributed by atoms with E-state index in [1.165, 1.54) is 9.75 Å². The molecule has 1 aliphatic rings. The smallest absolute Gasteiger partial charge is 0.230 e. The molecule has 3 nitrogen and oxygen atoms in total. The highest BCUT2D eigenvalue weighted by atomic mass is 32.1. The van der Waals surface area contributed by atoms with Gasteiger partial charge in [0.1, 0.15) is 0 Å². The number of carbonyl (C=O) groups is 1. The molecule has 1 saturated carbocycles. The number of amides is 1. The minimum atomic E-state index is -0.269. The summed E-state index contributed by atoms with van der Waals surface area (Å²) in [7, 11) is 0. The Morgan fingerprint density at radius 2 is 1.70 bits per heavy atom. The van der Waals surface area contributed by atoms with Crippen molar-refractivity contribution in [2.24, 2.45) is 11.1 Å². The lowest BCUT2D eigenvalue weighted by molar-refractivity contribution is -0.137. The summed E-state index contributed by atoms with van der Waals surface area (Å²) < 4.78 is 0. The van der Waals surface area contributed by atoms with Crippen LogP contribution in [0.4, 0.5) is 0 Å². The van der Waals surface area contributed by atoms with Crippen LogP contribution in [0.2, 0.25) is 0 Å². The molecule has 2 N–H and O–H groups in total. The zero-order valence-electron chi connectivity index (χ0n) is 11.2. The van der Waals surface area contributed by atoms with Crippen LogP contribution in [0.3, 0.4) is 0 Å². The van der Waals surface area contributed by atoms with Crippen molar-refractivity contribution in [1.29, 1.82) is 0 Å². The molecule has 5 heteroatoms. The van der Waals surface area contributed by atoms with Gasteiger partial charge in [0.15, 0.2) is 0 Å². The molecule has 3 rings (SSSR count). The molecular formula is C15H18N2OS2. The Morgan fingerprint density at radius 3 is 2.05 bits per heavy atom. The maximum absolute atomic E-state index is 12.8. The fraction of sp³-hybridized carbons (Fsp3) is 0.400. The van der Waals surface area contributed by atoms with Crippen LogP contribution in [0.15, 0.2) is 35.0 Å². The van der Waals surface area contributed by atoms with Gasteiger partial charge >= 0.3 is 0 Å². The Hall–Kier alpha value is -1.17. The van der Waals surface area contributed by atoms with E-state index in [9.17, 15) is 4.79 Å². The predicted molar refractivity (Wildman–Crippen MR) is 83.6 cm³/mol. The minimum absolute atomic E-state index is 0.224. The normalized spacial score (nSPS) is 16.1. The first-order valence-corrected chi connectivity index (χ1v) is 8.54. The van der Waals surface area contributed by atoms with Crippen molar-refractivity contribution in [3.05, 3.63) is 44.8 Å². The van der Waals surface area contributed by atoms with E-state index in [1.807, 2.05) is 17.0 Å². The Kier molecular flexibility index (Phi) is 3.92. The van der Waals surface area contributed by atoms with Crippen LogP contribution in [0.5, 0.6) is 0 Å². The summed E-state index contributed by atoms with van der Waals surface area (Å²) >= 11 is 3.40. The van der Waals surface area contributed by atoms with Crippen LogP contribution in [0, 0.1) is 5.41 Å². The summed E-state index contributed by atoms with van der Waals surface area (Å²) in [5.41, 5.74) is 5.54. The third kappa shape index (κ3) is 2.80. The van der Waals surface area contributed by atoms with Crippen LogP contribution >= 0.6 is 22.7 Å². The Morgan fingerprint density at radius 1 is 1.15 bits per heavy atom. The van der Waals surface area contributed by atoms with E-state index in [4.69, 9.17) is 5.73 Å². The molecule has 2 heterocycles. The summed E-state index contributed by atoms with van der Waals surface area (Å²) in [4.78, 5) is 17.2. The average molecular weight is 306 g/mol. The van der Waals surface area contributed by atoms with Crippen LogP contribution in [-0.2, 0) is 17.9 Å². The predicted octanol–water partition coefficient (Wildman–Crippen LogP) is 3.08. The van der Waals surface area contributed by atoms with Gasteiger partial charge in [-0.1, -0.05) is 12.1 Å². The average Bonchev–Trinajstić information content (AvgIpc) is 2.87. The quantitative estimate of drug-likeness (QED) is 0.891. The molecule has 1 amide bonds. The van der Waals surface area contributed by atoms with Gasteiger partial charge in [-0.2, -0.15) is 0 Å². The van der Waals surface area contributed by atoms with E-state index in [1.54, 1.807) is 22.7 Å². The SMILES string of the molecule is NCC1(C(=O)N(Cc2cccs2)Cc2cccs2)CC1. The molecule has 106 valence electrons. The van der Waals surface area contributed by atoms with E-state index >= 15 is 0 Å². The summed E-state index contributed by atoms with van der Waals surface area (Å²) in [6.45, 7) is 1.85. The molecule has 0 bridgehead atoms. The Bertz CT molecular complexity index is 522. The van der Waals surface area contributed by atoms with Gasteiger partial charge < -0.3 is 10.6 Å². The summed E-state index contributed by atoms with van der Waals surface area (Å²) in [5.74, 6) is 0.224. The van der Waals surface area contributed by atoms with Crippen LogP contribution in [0.25, 0.3) is 0 Å². The fourth-order valence-electron chi connectivity index (χ4n) is 2.37. The first-order chi connectivity index (χ1) is 9.73.